The first-order chi connectivity index (χ1) is 17.1. The first-order valence-electron chi connectivity index (χ1n) is 10.6. The van der Waals surface area contributed by atoms with Gasteiger partial charge in [0.15, 0.2) is 15.7 Å². The van der Waals surface area contributed by atoms with Crippen molar-refractivity contribution in [2.45, 2.75) is 24.5 Å². The van der Waals surface area contributed by atoms with Gasteiger partial charge in [0, 0.05) is 38.3 Å². The van der Waals surface area contributed by atoms with Crippen LogP contribution in [0.4, 0.5) is 37.8 Å². The maximum absolute atomic E-state index is 13.2. The minimum absolute atomic E-state index is 0.0252. The molecule has 0 bridgehead atoms. The number of ether oxygens (including phenoxy) is 1. The fourth-order valence-electron chi connectivity index (χ4n) is 3.83. The number of alkyl halides is 6. The van der Waals surface area contributed by atoms with Gasteiger partial charge in [-0.15, -0.1) is 0 Å². The standard InChI is InChI=1S/C22H19F6N5O3S/c1-4-37(34,35)16-9-14(36-17-8-12(5-6-29-17)21(23,24)25)11-30-18(16)20-32(2)15-7-13(22(26,27)28)10-31-19(15)33(20)3/h5-11,16H,4H2,1-3H3. The number of nitrogens with zero attached hydrogens (tertiary/aromatic N) is 5. The summed E-state index contributed by atoms with van der Waals surface area (Å²) in [5.74, 6) is -0.612. The summed E-state index contributed by atoms with van der Waals surface area (Å²) < 4.78 is 110. The molecule has 0 fully saturated rings. The Kier molecular flexibility index (Phi) is 6.46. The Morgan fingerprint density at radius 3 is 2.30 bits per heavy atom. The van der Waals surface area contributed by atoms with E-state index in [0.717, 1.165) is 30.6 Å². The fourth-order valence-corrected chi connectivity index (χ4v) is 5.04. The van der Waals surface area contributed by atoms with Crippen molar-refractivity contribution in [3.8, 4) is 5.88 Å². The van der Waals surface area contributed by atoms with Crippen molar-refractivity contribution < 1.29 is 39.5 Å². The van der Waals surface area contributed by atoms with Gasteiger partial charge in [-0.1, -0.05) is 6.92 Å². The summed E-state index contributed by atoms with van der Waals surface area (Å²) in [6, 6.07) is 2.31. The molecule has 1 atom stereocenters. The highest BCUT2D eigenvalue weighted by atomic mass is 32.2. The van der Waals surface area contributed by atoms with E-state index in [-0.39, 0.29) is 34.5 Å². The smallest absolute Gasteiger partial charge is 0.417 e. The van der Waals surface area contributed by atoms with Gasteiger partial charge in [-0.2, -0.15) is 26.3 Å². The zero-order valence-corrected chi connectivity index (χ0v) is 20.3. The molecule has 37 heavy (non-hydrogen) atoms. The highest BCUT2D eigenvalue weighted by Gasteiger charge is 2.40. The van der Waals surface area contributed by atoms with Crippen LogP contribution in [0.15, 0.2) is 58.9 Å². The largest absolute Gasteiger partial charge is 0.438 e. The zero-order valence-electron chi connectivity index (χ0n) is 19.5. The SMILES string of the molecule is CCS(=O)(=O)C1C=C(Oc2cc(C(F)(F)F)ccn2)C=NC1=C1N(C)c2cc(C(F)(F)F)cnc2N1C. The van der Waals surface area contributed by atoms with E-state index in [9.17, 15) is 34.8 Å². The summed E-state index contributed by atoms with van der Waals surface area (Å²) in [6.07, 6.45) is -5.45. The molecule has 0 saturated heterocycles. The van der Waals surface area contributed by atoms with Crippen LogP contribution in [0.1, 0.15) is 18.1 Å². The van der Waals surface area contributed by atoms with Crippen molar-refractivity contribution in [3.63, 3.8) is 0 Å². The number of fused-ring (bicyclic) bond motifs is 1. The van der Waals surface area contributed by atoms with Crippen molar-refractivity contribution in [1.29, 1.82) is 0 Å². The molecule has 2 aliphatic rings. The highest BCUT2D eigenvalue weighted by Crippen LogP contribution is 2.44. The molecule has 0 N–H and O–H groups in total. The van der Waals surface area contributed by atoms with Crippen LogP contribution in [0, 0.1) is 0 Å². The Labute approximate surface area is 207 Å². The van der Waals surface area contributed by atoms with Crippen molar-refractivity contribution in [3.05, 3.63) is 65.1 Å². The second-order valence-corrected chi connectivity index (χ2v) is 10.5. The Hall–Kier alpha value is -3.62. The molecular formula is C22H19F6N5O3S. The second kappa shape index (κ2) is 9.04. The van der Waals surface area contributed by atoms with Crippen molar-refractivity contribution in [1.82, 2.24) is 9.97 Å². The molecule has 0 spiro atoms. The number of hydrogen-bond acceptors (Lipinski definition) is 8. The van der Waals surface area contributed by atoms with Crippen LogP contribution in [0.3, 0.4) is 0 Å². The van der Waals surface area contributed by atoms with Gasteiger partial charge in [-0.3, -0.25) is 4.99 Å². The summed E-state index contributed by atoms with van der Waals surface area (Å²) in [5.41, 5.74) is -1.93. The van der Waals surface area contributed by atoms with Crippen LogP contribution in [-0.4, -0.2) is 49.7 Å². The molecule has 2 aromatic rings. The Bertz CT molecular complexity index is 1430. The van der Waals surface area contributed by atoms with E-state index in [0.29, 0.717) is 12.3 Å². The van der Waals surface area contributed by atoms with E-state index in [2.05, 4.69) is 15.0 Å². The van der Waals surface area contributed by atoms with Crippen LogP contribution < -0.4 is 14.5 Å². The molecule has 15 heteroatoms. The summed E-state index contributed by atoms with van der Waals surface area (Å²) in [4.78, 5) is 14.6. The minimum atomic E-state index is -4.64. The van der Waals surface area contributed by atoms with Gasteiger partial charge in [-0.25, -0.2) is 18.4 Å². The van der Waals surface area contributed by atoms with Gasteiger partial charge in [0.25, 0.3) is 0 Å². The number of rotatable bonds is 4. The predicted molar refractivity (Wildman–Crippen MR) is 123 cm³/mol. The molecular weight excluding hydrogens is 528 g/mol. The second-order valence-electron chi connectivity index (χ2n) is 8.07. The van der Waals surface area contributed by atoms with Gasteiger partial charge in [-0.05, 0) is 18.2 Å². The molecule has 2 aliphatic heterocycles. The number of anilines is 2. The molecule has 0 saturated carbocycles. The number of halogens is 6. The van der Waals surface area contributed by atoms with Crippen LogP contribution >= 0.6 is 0 Å². The topological polar surface area (TPSA) is 88.0 Å². The van der Waals surface area contributed by atoms with Gasteiger partial charge < -0.3 is 14.5 Å². The van der Waals surface area contributed by atoms with Crippen molar-refractivity contribution >= 4 is 27.6 Å². The molecule has 0 amide bonds. The molecule has 1 unspecified atom stereocenters. The third kappa shape index (κ3) is 4.99. The molecule has 0 aromatic carbocycles. The van der Waals surface area contributed by atoms with Crippen LogP contribution in [0.5, 0.6) is 5.88 Å². The summed E-state index contributed by atoms with van der Waals surface area (Å²) in [5, 5.41) is -1.42. The van der Waals surface area contributed by atoms with Crippen LogP contribution in [-0.2, 0) is 22.2 Å². The number of sulfone groups is 1. The number of aromatic nitrogens is 2. The number of pyridine rings is 2. The molecule has 0 aliphatic carbocycles. The van der Waals surface area contributed by atoms with Crippen molar-refractivity contribution in [2.24, 2.45) is 4.99 Å². The fraction of sp³-hybridized carbons (Fsp3) is 0.318. The lowest BCUT2D eigenvalue weighted by Gasteiger charge is -2.26. The van der Waals surface area contributed by atoms with Gasteiger partial charge in [0.05, 0.1) is 23.0 Å². The van der Waals surface area contributed by atoms with Gasteiger partial charge >= 0.3 is 12.4 Å². The maximum atomic E-state index is 13.2. The lowest BCUT2D eigenvalue weighted by Crippen LogP contribution is -2.33. The molecule has 8 nitrogen and oxygen atoms in total. The Morgan fingerprint density at radius 1 is 1.00 bits per heavy atom. The number of hydrogen-bond donors (Lipinski definition) is 0. The molecule has 198 valence electrons. The minimum Gasteiger partial charge on any atom is -0.438 e. The van der Waals surface area contributed by atoms with Crippen molar-refractivity contribution in [2.75, 3.05) is 29.6 Å². The first kappa shape index (κ1) is 26.4. The lowest BCUT2D eigenvalue weighted by atomic mass is 10.2. The molecule has 4 rings (SSSR count). The van der Waals surface area contributed by atoms with E-state index in [4.69, 9.17) is 4.74 Å². The van der Waals surface area contributed by atoms with E-state index in [1.165, 1.54) is 30.8 Å². The van der Waals surface area contributed by atoms with E-state index >= 15 is 0 Å². The lowest BCUT2D eigenvalue weighted by molar-refractivity contribution is -0.138. The third-order valence-electron chi connectivity index (χ3n) is 5.71. The van der Waals surface area contributed by atoms with Gasteiger partial charge in [0.2, 0.25) is 5.88 Å². The summed E-state index contributed by atoms with van der Waals surface area (Å²) >= 11 is 0. The average Bonchev–Trinajstić information content (AvgIpc) is 3.07. The first-order valence-corrected chi connectivity index (χ1v) is 12.3. The average molecular weight is 547 g/mol. The van der Waals surface area contributed by atoms with E-state index in [1.54, 1.807) is 0 Å². The van der Waals surface area contributed by atoms with E-state index in [1.807, 2.05) is 0 Å². The normalized spacial score (nSPS) is 20.2. The van der Waals surface area contributed by atoms with Crippen LogP contribution in [0.2, 0.25) is 0 Å². The number of allylic oxidation sites excluding steroid dienone is 1. The molecule has 4 heterocycles. The maximum Gasteiger partial charge on any atom is 0.417 e. The zero-order chi connectivity index (χ0) is 27.3. The third-order valence-corrected chi connectivity index (χ3v) is 7.65. The van der Waals surface area contributed by atoms with Gasteiger partial charge in [0.1, 0.15) is 22.5 Å². The van der Waals surface area contributed by atoms with Crippen LogP contribution in [0.25, 0.3) is 0 Å². The predicted octanol–water partition coefficient (Wildman–Crippen LogP) is 4.42. The Balaban J connectivity index is 1.76. The quantitative estimate of drug-likeness (QED) is 0.524. The number of dihydropyridines is 1. The number of aliphatic imine (C=N–C) groups is 1. The van der Waals surface area contributed by atoms with E-state index < -0.39 is 44.4 Å². The highest BCUT2D eigenvalue weighted by molar-refractivity contribution is 7.92. The Morgan fingerprint density at radius 2 is 1.68 bits per heavy atom. The molecule has 2 aromatic heterocycles. The summed E-state index contributed by atoms with van der Waals surface area (Å²) in [7, 11) is -0.969. The summed E-state index contributed by atoms with van der Waals surface area (Å²) in [6.45, 7) is 1.40. The monoisotopic (exact) mass is 547 g/mol. The molecule has 0 radical (unpaired) electrons.